The minimum Gasteiger partial charge on any atom is -0.376 e. The van der Waals surface area contributed by atoms with Crippen molar-refractivity contribution in [2.24, 2.45) is 0 Å². The van der Waals surface area contributed by atoms with Crippen LogP contribution in [0.4, 0.5) is 0 Å². The van der Waals surface area contributed by atoms with Gasteiger partial charge in [0.1, 0.15) is 5.52 Å². The van der Waals surface area contributed by atoms with Gasteiger partial charge in [-0.15, -0.1) is 10.2 Å². The third kappa shape index (κ3) is 2.79. The van der Waals surface area contributed by atoms with Crippen molar-refractivity contribution >= 4 is 28.3 Å². The molecule has 136 valence electrons. The zero-order valence-corrected chi connectivity index (χ0v) is 15.1. The molecule has 1 fully saturated rings. The predicted molar refractivity (Wildman–Crippen MR) is 102 cm³/mol. The SMILES string of the molecule is O=c1c2nnc3c(-c4ccc(Cl)cc4)cnn3c2ccn1C[C@H]1CCCO1. The highest BCUT2D eigenvalue weighted by Gasteiger charge is 2.19. The molecule has 1 aromatic carbocycles. The van der Waals surface area contributed by atoms with Crippen LogP contribution in [0.25, 0.3) is 27.8 Å². The molecule has 4 aromatic rings. The highest BCUT2D eigenvalue weighted by Crippen LogP contribution is 2.25. The lowest BCUT2D eigenvalue weighted by Gasteiger charge is -2.12. The van der Waals surface area contributed by atoms with Gasteiger partial charge in [-0.1, -0.05) is 23.7 Å². The summed E-state index contributed by atoms with van der Waals surface area (Å²) in [5, 5.41) is 13.6. The fourth-order valence-corrected chi connectivity index (χ4v) is 3.64. The first-order valence-electron chi connectivity index (χ1n) is 8.82. The fourth-order valence-electron chi connectivity index (χ4n) is 3.51. The summed E-state index contributed by atoms with van der Waals surface area (Å²) in [7, 11) is 0. The quantitative estimate of drug-likeness (QED) is 0.545. The molecule has 1 aliphatic heterocycles. The average Bonchev–Trinajstić information content (AvgIpc) is 3.34. The van der Waals surface area contributed by atoms with Crippen molar-refractivity contribution in [1.82, 2.24) is 24.4 Å². The van der Waals surface area contributed by atoms with Crippen LogP contribution in [-0.2, 0) is 11.3 Å². The highest BCUT2D eigenvalue weighted by molar-refractivity contribution is 6.30. The van der Waals surface area contributed by atoms with E-state index in [4.69, 9.17) is 16.3 Å². The maximum absolute atomic E-state index is 12.8. The van der Waals surface area contributed by atoms with Gasteiger partial charge in [0.05, 0.1) is 18.8 Å². The van der Waals surface area contributed by atoms with Gasteiger partial charge in [-0.3, -0.25) is 4.79 Å². The summed E-state index contributed by atoms with van der Waals surface area (Å²) >= 11 is 5.97. The van der Waals surface area contributed by atoms with Crippen LogP contribution in [0.5, 0.6) is 0 Å². The molecule has 4 heterocycles. The number of nitrogens with zero attached hydrogens (tertiary/aromatic N) is 5. The van der Waals surface area contributed by atoms with Crippen molar-refractivity contribution in [2.45, 2.75) is 25.5 Å². The predicted octanol–water partition coefficient (Wildman–Crippen LogP) is 2.94. The first-order chi connectivity index (χ1) is 13.2. The van der Waals surface area contributed by atoms with Gasteiger partial charge in [-0.05, 0) is 36.6 Å². The first kappa shape index (κ1) is 16.4. The van der Waals surface area contributed by atoms with E-state index in [1.807, 2.05) is 30.3 Å². The Morgan fingerprint density at radius 2 is 2.04 bits per heavy atom. The van der Waals surface area contributed by atoms with Gasteiger partial charge >= 0.3 is 0 Å². The van der Waals surface area contributed by atoms with E-state index in [1.165, 1.54) is 0 Å². The smallest absolute Gasteiger partial charge is 0.280 e. The molecule has 0 amide bonds. The standard InChI is InChI=1S/C19H16ClN5O2/c20-13-5-3-12(4-6-13)15-10-21-25-16-7-8-24(11-14-2-1-9-27-14)19(26)17(16)22-23-18(15)25/h3-8,10,14H,1-2,9,11H2/t14-/m1/s1. The monoisotopic (exact) mass is 381 g/mol. The van der Waals surface area contributed by atoms with E-state index in [-0.39, 0.29) is 11.7 Å². The maximum Gasteiger partial charge on any atom is 0.280 e. The van der Waals surface area contributed by atoms with E-state index >= 15 is 0 Å². The summed E-state index contributed by atoms with van der Waals surface area (Å²) in [6, 6.07) is 9.30. The molecule has 0 aliphatic carbocycles. The summed E-state index contributed by atoms with van der Waals surface area (Å²) in [6.45, 7) is 1.29. The van der Waals surface area contributed by atoms with Gasteiger partial charge in [0, 0.05) is 23.4 Å². The molecule has 8 heteroatoms. The minimum atomic E-state index is -0.180. The van der Waals surface area contributed by atoms with E-state index < -0.39 is 0 Å². The molecule has 1 saturated heterocycles. The summed E-state index contributed by atoms with van der Waals surface area (Å²) in [6.07, 6.45) is 5.59. The number of pyridine rings is 1. The lowest BCUT2D eigenvalue weighted by molar-refractivity contribution is 0.0963. The molecule has 1 aliphatic rings. The molecule has 5 rings (SSSR count). The van der Waals surface area contributed by atoms with Crippen molar-refractivity contribution in [3.8, 4) is 11.1 Å². The Balaban J connectivity index is 1.62. The molecule has 27 heavy (non-hydrogen) atoms. The Morgan fingerprint density at radius 3 is 2.81 bits per heavy atom. The van der Waals surface area contributed by atoms with Crippen LogP contribution in [0, 0.1) is 0 Å². The molecule has 0 bridgehead atoms. The van der Waals surface area contributed by atoms with Crippen LogP contribution in [0.3, 0.4) is 0 Å². The van der Waals surface area contributed by atoms with Gasteiger partial charge in [0.2, 0.25) is 0 Å². The second-order valence-electron chi connectivity index (χ2n) is 6.64. The minimum absolute atomic E-state index is 0.0815. The van der Waals surface area contributed by atoms with E-state index in [2.05, 4.69) is 15.3 Å². The van der Waals surface area contributed by atoms with Crippen LogP contribution in [0.15, 0.2) is 47.5 Å². The number of ether oxygens (including phenoxy) is 1. The van der Waals surface area contributed by atoms with E-state index in [1.54, 1.807) is 21.5 Å². The van der Waals surface area contributed by atoms with Gasteiger partial charge in [-0.25, -0.2) is 4.52 Å². The van der Waals surface area contributed by atoms with E-state index in [0.717, 1.165) is 30.6 Å². The Morgan fingerprint density at radius 1 is 1.19 bits per heavy atom. The van der Waals surface area contributed by atoms with Crippen molar-refractivity contribution in [3.05, 3.63) is 58.1 Å². The Kier molecular flexibility index (Phi) is 3.91. The van der Waals surface area contributed by atoms with Gasteiger partial charge < -0.3 is 9.30 Å². The van der Waals surface area contributed by atoms with Crippen LogP contribution in [0.1, 0.15) is 12.8 Å². The van der Waals surface area contributed by atoms with Crippen molar-refractivity contribution < 1.29 is 4.74 Å². The summed E-state index contributed by atoms with van der Waals surface area (Å²) < 4.78 is 8.93. The molecular weight excluding hydrogens is 366 g/mol. The zero-order chi connectivity index (χ0) is 18.4. The lowest BCUT2D eigenvalue weighted by atomic mass is 10.1. The molecule has 7 nitrogen and oxygen atoms in total. The number of rotatable bonds is 3. The fraction of sp³-hybridized carbons (Fsp3) is 0.263. The van der Waals surface area contributed by atoms with Crippen molar-refractivity contribution in [1.29, 1.82) is 0 Å². The molecule has 0 spiro atoms. The topological polar surface area (TPSA) is 74.3 Å². The van der Waals surface area contributed by atoms with Crippen LogP contribution in [0.2, 0.25) is 5.02 Å². The molecule has 0 radical (unpaired) electrons. The van der Waals surface area contributed by atoms with Gasteiger partial charge in [-0.2, -0.15) is 5.10 Å². The lowest BCUT2D eigenvalue weighted by Crippen LogP contribution is -2.27. The Labute approximate surface area is 159 Å². The van der Waals surface area contributed by atoms with Crippen LogP contribution < -0.4 is 5.56 Å². The number of halogens is 1. The summed E-state index contributed by atoms with van der Waals surface area (Å²) in [5.74, 6) is 0. The highest BCUT2D eigenvalue weighted by atomic mass is 35.5. The Hall–Kier alpha value is -2.77. The van der Waals surface area contributed by atoms with Crippen molar-refractivity contribution in [3.63, 3.8) is 0 Å². The number of hydrogen-bond acceptors (Lipinski definition) is 5. The maximum atomic E-state index is 12.8. The van der Waals surface area contributed by atoms with Gasteiger partial charge in [0.15, 0.2) is 11.2 Å². The van der Waals surface area contributed by atoms with Crippen molar-refractivity contribution in [2.75, 3.05) is 6.61 Å². The molecule has 3 aromatic heterocycles. The third-order valence-corrected chi connectivity index (χ3v) is 5.17. The second kappa shape index (κ2) is 6.44. The van der Waals surface area contributed by atoms with Gasteiger partial charge in [0.25, 0.3) is 5.56 Å². The molecule has 1 atom stereocenters. The van der Waals surface area contributed by atoms with E-state index in [0.29, 0.717) is 28.2 Å². The average molecular weight is 382 g/mol. The largest absolute Gasteiger partial charge is 0.376 e. The third-order valence-electron chi connectivity index (χ3n) is 4.91. The summed E-state index contributed by atoms with van der Waals surface area (Å²) in [4.78, 5) is 12.8. The van der Waals surface area contributed by atoms with E-state index in [9.17, 15) is 4.79 Å². The summed E-state index contributed by atoms with van der Waals surface area (Å²) in [5.41, 5.74) is 3.13. The zero-order valence-electron chi connectivity index (χ0n) is 14.4. The molecule has 0 saturated carbocycles. The normalized spacial score (nSPS) is 17.1. The molecule has 0 unspecified atom stereocenters. The second-order valence-corrected chi connectivity index (χ2v) is 7.08. The molecule has 0 N–H and O–H groups in total. The van der Waals surface area contributed by atoms with Crippen LogP contribution >= 0.6 is 11.6 Å². The Bertz CT molecular complexity index is 1190. The number of fused-ring (bicyclic) bond motifs is 3. The molecular formula is C19H16ClN5O2. The van der Waals surface area contributed by atoms with Crippen LogP contribution in [-0.4, -0.2) is 37.1 Å². The first-order valence-corrected chi connectivity index (χ1v) is 9.19. The number of aromatic nitrogens is 5. The number of hydrogen-bond donors (Lipinski definition) is 0. The number of benzene rings is 1.